The van der Waals surface area contributed by atoms with Gasteiger partial charge in [0.2, 0.25) is 0 Å². The third-order valence-corrected chi connectivity index (χ3v) is 5.77. The van der Waals surface area contributed by atoms with Gasteiger partial charge in [-0.3, -0.25) is 4.79 Å². The van der Waals surface area contributed by atoms with Crippen molar-refractivity contribution in [3.05, 3.63) is 45.2 Å². The van der Waals surface area contributed by atoms with Gasteiger partial charge in [-0.25, -0.2) is 4.79 Å². The molecule has 1 heterocycles. The maximum Gasteiger partial charge on any atom is 0.337 e. The zero-order valence-corrected chi connectivity index (χ0v) is 16.0. The van der Waals surface area contributed by atoms with Crippen LogP contribution in [0, 0.1) is 6.92 Å². The number of nitrogens with one attached hydrogen (secondary N) is 2. The van der Waals surface area contributed by atoms with Crippen LogP contribution in [0.2, 0.25) is 0 Å². The summed E-state index contributed by atoms with van der Waals surface area (Å²) in [4.78, 5) is 29.8. The number of aromatic nitrogens is 1. The Balaban J connectivity index is 1.98. The van der Waals surface area contributed by atoms with Gasteiger partial charge in [0.25, 0.3) is 0 Å². The van der Waals surface area contributed by atoms with Gasteiger partial charge >= 0.3 is 5.97 Å². The Morgan fingerprint density at radius 1 is 1.27 bits per heavy atom. The van der Waals surface area contributed by atoms with Gasteiger partial charge in [-0.2, -0.15) is 0 Å². The first-order chi connectivity index (χ1) is 12.5. The van der Waals surface area contributed by atoms with E-state index in [-0.39, 0.29) is 5.43 Å². The van der Waals surface area contributed by atoms with E-state index in [4.69, 9.17) is 4.74 Å². The van der Waals surface area contributed by atoms with Crippen LogP contribution in [0.4, 0.5) is 0 Å². The minimum absolute atomic E-state index is 0.0313. The monoisotopic (exact) mass is 357 g/mol. The Bertz CT molecular complexity index is 850. The molecule has 1 aliphatic rings. The van der Waals surface area contributed by atoms with E-state index >= 15 is 0 Å². The summed E-state index contributed by atoms with van der Waals surface area (Å²) < 4.78 is 4.79. The first-order valence-corrected chi connectivity index (χ1v) is 9.63. The van der Waals surface area contributed by atoms with Gasteiger partial charge in [-0.15, -0.1) is 0 Å². The van der Waals surface area contributed by atoms with Gasteiger partial charge in [0.1, 0.15) is 6.54 Å². The van der Waals surface area contributed by atoms with Crippen molar-refractivity contribution < 1.29 is 14.4 Å². The number of quaternary nitrogens is 1. The third-order valence-electron chi connectivity index (χ3n) is 5.77. The van der Waals surface area contributed by atoms with E-state index in [2.05, 4.69) is 11.9 Å². The van der Waals surface area contributed by atoms with Crippen LogP contribution in [0.5, 0.6) is 0 Å². The smallest absolute Gasteiger partial charge is 0.337 e. The lowest BCUT2D eigenvalue weighted by molar-refractivity contribution is -0.938. The highest BCUT2D eigenvalue weighted by molar-refractivity contribution is 5.94. The number of aryl methyl sites for hydroxylation is 1. The minimum Gasteiger partial charge on any atom is -0.465 e. The van der Waals surface area contributed by atoms with E-state index in [0.717, 1.165) is 29.9 Å². The summed E-state index contributed by atoms with van der Waals surface area (Å²) in [6.45, 7) is 5.92. The quantitative estimate of drug-likeness (QED) is 0.808. The molecule has 0 bridgehead atoms. The number of aromatic amines is 1. The van der Waals surface area contributed by atoms with Crippen molar-refractivity contribution in [2.75, 3.05) is 13.7 Å². The molecular weight excluding hydrogens is 328 g/mol. The fourth-order valence-corrected chi connectivity index (χ4v) is 4.21. The van der Waals surface area contributed by atoms with Gasteiger partial charge in [0.05, 0.1) is 30.8 Å². The number of carbonyl (C=O) groups is 1. The molecule has 1 saturated carbocycles. The molecular formula is C21H29N2O3+. The molecule has 1 aromatic carbocycles. The topological polar surface area (TPSA) is 63.6 Å². The minimum atomic E-state index is -0.420. The zero-order chi connectivity index (χ0) is 18.7. The van der Waals surface area contributed by atoms with Crippen LogP contribution in [0.3, 0.4) is 0 Å². The van der Waals surface area contributed by atoms with E-state index in [1.54, 1.807) is 18.2 Å². The first-order valence-electron chi connectivity index (χ1n) is 9.63. The number of benzene rings is 1. The molecule has 5 heteroatoms. The van der Waals surface area contributed by atoms with E-state index in [1.807, 2.05) is 6.92 Å². The van der Waals surface area contributed by atoms with Crippen molar-refractivity contribution in [1.29, 1.82) is 0 Å². The van der Waals surface area contributed by atoms with Crippen LogP contribution in [0.1, 0.15) is 60.6 Å². The van der Waals surface area contributed by atoms with Crippen LogP contribution in [0.25, 0.3) is 10.9 Å². The SMILES string of the molecule is CC[NH+](Cc1c(C)[nH]c2ccc(C(=O)OC)cc2c1=O)C1CCCCC1. The number of carbonyl (C=O) groups excluding carboxylic acids is 1. The molecule has 5 nitrogen and oxygen atoms in total. The lowest BCUT2D eigenvalue weighted by atomic mass is 9.93. The Labute approximate surface area is 154 Å². The molecule has 0 spiro atoms. The van der Waals surface area contributed by atoms with Crippen LogP contribution in [-0.2, 0) is 11.3 Å². The number of fused-ring (bicyclic) bond motifs is 1. The Hall–Kier alpha value is -2.14. The molecule has 1 unspecified atom stereocenters. The second-order valence-corrected chi connectivity index (χ2v) is 7.33. The fourth-order valence-electron chi connectivity index (χ4n) is 4.21. The Kier molecular flexibility index (Phi) is 5.77. The average molecular weight is 357 g/mol. The molecule has 1 fully saturated rings. The van der Waals surface area contributed by atoms with Crippen LogP contribution >= 0.6 is 0 Å². The number of H-pyrrole nitrogens is 1. The van der Waals surface area contributed by atoms with Gasteiger partial charge in [0, 0.05) is 16.6 Å². The van der Waals surface area contributed by atoms with Crippen molar-refractivity contribution in [3.63, 3.8) is 0 Å². The van der Waals surface area contributed by atoms with Crippen molar-refractivity contribution in [3.8, 4) is 0 Å². The molecule has 0 aliphatic heterocycles. The highest BCUT2D eigenvalue weighted by atomic mass is 16.5. The van der Waals surface area contributed by atoms with Crippen molar-refractivity contribution in [2.24, 2.45) is 0 Å². The largest absolute Gasteiger partial charge is 0.465 e. The highest BCUT2D eigenvalue weighted by Gasteiger charge is 2.25. The summed E-state index contributed by atoms with van der Waals surface area (Å²) in [5.41, 5.74) is 2.97. The number of methoxy groups -OCH3 is 1. The van der Waals surface area contributed by atoms with Gasteiger partial charge < -0.3 is 14.6 Å². The van der Waals surface area contributed by atoms with E-state index in [0.29, 0.717) is 17.0 Å². The summed E-state index contributed by atoms with van der Waals surface area (Å²) in [6.07, 6.45) is 6.42. The molecule has 0 saturated heterocycles. The second-order valence-electron chi connectivity index (χ2n) is 7.33. The van der Waals surface area contributed by atoms with E-state index in [9.17, 15) is 9.59 Å². The van der Waals surface area contributed by atoms with Gasteiger partial charge in [-0.05, 0) is 57.7 Å². The molecule has 26 heavy (non-hydrogen) atoms. The molecule has 1 aromatic heterocycles. The molecule has 0 radical (unpaired) electrons. The van der Waals surface area contributed by atoms with E-state index < -0.39 is 5.97 Å². The standard InChI is InChI=1S/C21H28N2O3/c1-4-23(16-8-6-5-7-9-16)13-18-14(2)22-19-11-10-15(21(25)26-3)12-17(19)20(18)24/h10-12,16H,4-9,13H2,1-3H3,(H,22,24)/p+1. The van der Waals surface area contributed by atoms with Gasteiger partial charge in [0.15, 0.2) is 5.43 Å². The number of pyridine rings is 1. The zero-order valence-electron chi connectivity index (χ0n) is 16.0. The first kappa shape index (κ1) is 18.6. The molecule has 1 aliphatic carbocycles. The number of hydrogen-bond acceptors (Lipinski definition) is 3. The Morgan fingerprint density at radius 3 is 2.65 bits per heavy atom. The lowest BCUT2D eigenvalue weighted by Crippen LogP contribution is -3.14. The normalized spacial score (nSPS) is 16.6. The van der Waals surface area contributed by atoms with Gasteiger partial charge in [-0.1, -0.05) is 6.42 Å². The second kappa shape index (κ2) is 8.04. The third kappa shape index (κ3) is 3.68. The van der Waals surface area contributed by atoms with E-state index in [1.165, 1.54) is 44.1 Å². The fraction of sp³-hybridized carbons (Fsp3) is 0.524. The molecule has 2 N–H and O–H groups in total. The molecule has 0 amide bonds. The van der Waals surface area contributed by atoms with Crippen molar-refractivity contribution in [2.45, 2.75) is 58.5 Å². The summed E-state index contributed by atoms with van der Waals surface area (Å²) in [5.74, 6) is -0.420. The van der Waals surface area contributed by atoms with Crippen LogP contribution in [-0.4, -0.2) is 30.6 Å². The average Bonchev–Trinajstić information content (AvgIpc) is 2.68. The molecule has 1 atom stereocenters. The van der Waals surface area contributed by atoms with Crippen molar-refractivity contribution >= 4 is 16.9 Å². The number of hydrogen-bond donors (Lipinski definition) is 2. The predicted molar refractivity (Wildman–Crippen MR) is 103 cm³/mol. The summed E-state index contributed by atoms with van der Waals surface area (Å²) >= 11 is 0. The predicted octanol–water partition coefficient (Wildman–Crippen LogP) is 2.36. The van der Waals surface area contributed by atoms with Crippen LogP contribution < -0.4 is 10.3 Å². The lowest BCUT2D eigenvalue weighted by Gasteiger charge is -2.30. The summed E-state index contributed by atoms with van der Waals surface area (Å²) in [6, 6.07) is 5.76. The van der Waals surface area contributed by atoms with Crippen molar-refractivity contribution in [1.82, 2.24) is 4.98 Å². The summed E-state index contributed by atoms with van der Waals surface area (Å²) in [7, 11) is 1.35. The summed E-state index contributed by atoms with van der Waals surface area (Å²) in [5, 5.41) is 0.563. The van der Waals surface area contributed by atoms with Crippen LogP contribution in [0.15, 0.2) is 23.0 Å². The maximum absolute atomic E-state index is 13.2. The molecule has 3 rings (SSSR count). The number of ether oxygens (including phenoxy) is 1. The molecule has 140 valence electrons. The Morgan fingerprint density at radius 2 is 2.00 bits per heavy atom. The maximum atomic E-state index is 13.2. The molecule has 2 aromatic rings. The number of rotatable bonds is 5. The highest BCUT2D eigenvalue weighted by Crippen LogP contribution is 2.17. The number of esters is 1.